The number of nitrogens with two attached hydrogens (primary N) is 1. The lowest BCUT2D eigenvalue weighted by Gasteiger charge is -1.88. The summed E-state index contributed by atoms with van der Waals surface area (Å²) in [5.74, 6) is 0.552. The van der Waals surface area contributed by atoms with Crippen LogP contribution < -0.4 is 10.5 Å². The van der Waals surface area contributed by atoms with Gasteiger partial charge in [0.1, 0.15) is 0 Å². The first-order chi connectivity index (χ1) is 5.31. The smallest absolute Gasteiger partial charge is 0.273 e. The van der Waals surface area contributed by atoms with E-state index < -0.39 is 0 Å². The fraction of sp³-hybridized carbons (Fsp3) is 0.571. The van der Waals surface area contributed by atoms with Crippen LogP contribution in [0.1, 0.15) is 17.2 Å². The van der Waals surface area contributed by atoms with E-state index in [9.17, 15) is 0 Å². The minimum atomic E-state index is 0.361. The van der Waals surface area contributed by atoms with Crippen molar-refractivity contribution in [2.75, 3.05) is 7.11 Å². The Labute approximate surface area is 69.2 Å². The molecule has 60 valence electrons. The number of ether oxygens (including phenoxy) is 1. The summed E-state index contributed by atoms with van der Waals surface area (Å²) in [7, 11) is 1.63. The lowest BCUT2D eigenvalue weighted by Crippen LogP contribution is -1.99. The minimum Gasteiger partial charge on any atom is -0.473 e. The molecule has 4 heteroatoms. The highest BCUT2D eigenvalue weighted by molar-refractivity contribution is 7.13. The summed E-state index contributed by atoms with van der Waals surface area (Å²) in [5.41, 5.74) is 5.69. The van der Waals surface area contributed by atoms with Crippen LogP contribution in [0.4, 0.5) is 0 Å². The van der Waals surface area contributed by atoms with Crippen LogP contribution in [0.2, 0.25) is 0 Å². The molecular formula is C7H10N2OS. The number of nitrogens with zero attached hydrogens (tertiary/aromatic N) is 1. The van der Waals surface area contributed by atoms with Crippen LogP contribution in [0.3, 0.4) is 0 Å². The Morgan fingerprint density at radius 3 is 3.00 bits per heavy atom. The number of hydrogen-bond donors (Lipinski definition) is 1. The summed E-state index contributed by atoms with van der Waals surface area (Å²) in [4.78, 5) is 5.33. The third-order valence-corrected chi connectivity index (χ3v) is 2.97. The summed E-state index contributed by atoms with van der Waals surface area (Å²) in [6.07, 6.45) is 2.96. The predicted octanol–water partition coefficient (Wildman–Crippen LogP) is 0.966. The fourth-order valence-corrected chi connectivity index (χ4v) is 2.00. The summed E-state index contributed by atoms with van der Waals surface area (Å²) in [5, 5.41) is 0.735. The van der Waals surface area contributed by atoms with E-state index in [0.29, 0.717) is 12.0 Å². The quantitative estimate of drug-likeness (QED) is 0.719. The Kier molecular flexibility index (Phi) is 1.58. The molecular weight excluding hydrogens is 160 g/mol. The predicted molar refractivity (Wildman–Crippen MR) is 44.0 cm³/mol. The van der Waals surface area contributed by atoms with E-state index >= 15 is 0 Å². The van der Waals surface area contributed by atoms with E-state index in [-0.39, 0.29) is 0 Å². The van der Waals surface area contributed by atoms with Crippen molar-refractivity contribution in [1.82, 2.24) is 4.98 Å². The van der Waals surface area contributed by atoms with Crippen molar-refractivity contribution in [1.29, 1.82) is 0 Å². The molecule has 11 heavy (non-hydrogen) atoms. The molecule has 1 aliphatic carbocycles. The molecule has 0 saturated heterocycles. The second kappa shape index (κ2) is 2.46. The van der Waals surface area contributed by atoms with Crippen LogP contribution in [-0.2, 0) is 0 Å². The van der Waals surface area contributed by atoms with E-state index in [1.807, 2.05) is 6.20 Å². The zero-order valence-corrected chi connectivity index (χ0v) is 7.10. The van der Waals surface area contributed by atoms with E-state index in [1.54, 1.807) is 18.4 Å². The Balaban J connectivity index is 2.13. The summed E-state index contributed by atoms with van der Waals surface area (Å²) < 4.78 is 4.97. The van der Waals surface area contributed by atoms with Gasteiger partial charge in [-0.1, -0.05) is 11.3 Å². The van der Waals surface area contributed by atoms with Crippen LogP contribution in [0.15, 0.2) is 6.20 Å². The maximum Gasteiger partial charge on any atom is 0.273 e. The van der Waals surface area contributed by atoms with E-state index in [2.05, 4.69) is 4.98 Å². The standard InChI is InChI=1S/C7H10N2OS/c1-10-7-9-3-6(11-7)4-2-5(4)8/h3-5H,2,8H2,1H3/t4-,5-/m1/s1. The zero-order valence-electron chi connectivity index (χ0n) is 6.28. The fourth-order valence-electron chi connectivity index (χ4n) is 1.08. The van der Waals surface area contributed by atoms with Crippen LogP contribution in [-0.4, -0.2) is 18.1 Å². The zero-order chi connectivity index (χ0) is 7.84. The first-order valence-electron chi connectivity index (χ1n) is 3.56. The molecule has 2 N–H and O–H groups in total. The maximum absolute atomic E-state index is 5.69. The monoisotopic (exact) mass is 170 g/mol. The molecule has 0 bridgehead atoms. The van der Waals surface area contributed by atoms with E-state index in [1.165, 1.54) is 4.88 Å². The van der Waals surface area contributed by atoms with Gasteiger partial charge in [-0.3, -0.25) is 0 Å². The topological polar surface area (TPSA) is 48.1 Å². The van der Waals surface area contributed by atoms with Crippen LogP contribution in [0.25, 0.3) is 0 Å². The van der Waals surface area contributed by atoms with Crippen molar-refractivity contribution in [2.24, 2.45) is 5.73 Å². The molecule has 1 aliphatic rings. The Morgan fingerprint density at radius 2 is 2.55 bits per heavy atom. The van der Waals surface area contributed by atoms with Crippen molar-refractivity contribution >= 4 is 11.3 Å². The molecule has 1 heterocycles. The minimum absolute atomic E-state index is 0.361. The highest BCUT2D eigenvalue weighted by atomic mass is 32.1. The largest absolute Gasteiger partial charge is 0.473 e. The van der Waals surface area contributed by atoms with Gasteiger partial charge in [-0.25, -0.2) is 4.98 Å². The van der Waals surface area contributed by atoms with Crippen molar-refractivity contribution in [2.45, 2.75) is 18.4 Å². The van der Waals surface area contributed by atoms with Crippen LogP contribution in [0.5, 0.6) is 5.19 Å². The summed E-state index contributed by atoms with van der Waals surface area (Å²) in [6, 6.07) is 0.361. The van der Waals surface area contributed by atoms with Crippen LogP contribution in [0, 0.1) is 0 Å². The van der Waals surface area contributed by atoms with Gasteiger partial charge in [-0.15, -0.1) is 0 Å². The second-order valence-electron chi connectivity index (χ2n) is 2.74. The third kappa shape index (κ3) is 1.23. The normalized spacial score (nSPS) is 28.5. The van der Waals surface area contributed by atoms with Crippen molar-refractivity contribution < 1.29 is 4.74 Å². The average Bonchev–Trinajstić information content (AvgIpc) is 2.59. The van der Waals surface area contributed by atoms with Gasteiger partial charge in [0.05, 0.1) is 7.11 Å². The molecule has 2 rings (SSSR count). The van der Waals surface area contributed by atoms with Crippen molar-refractivity contribution in [3.63, 3.8) is 0 Å². The highest BCUT2D eigenvalue weighted by Gasteiger charge is 2.36. The Morgan fingerprint density at radius 1 is 1.82 bits per heavy atom. The molecule has 3 nitrogen and oxygen atoms in total. The maximum atomic E-state index is 5.69. The molecule has 0 aliphatic heterocycles. The Hall–Kier alpha value is -0.610. The van der Waals surface area contributed by atoms with Gasteiger partial charge in [0.25, 0.3) is 5.19 Å². The molecule has 1 fully saturated rings. The van der Waals surface area contributed by atoms with Crippen molar-refractivity contribution in [3.05, 3.63) is 11.1 Å². The average molecular weight is 170 g/mol. The van der Waals surface area contributed by atoms with Gasteiger partial charge < -0.3 is 10.5 Å². The lowest BCUT2D eigenvalue weighted by atomic mass is 10.4. The first kappa shape index (κ1) is 7.06. The van der Waals surface area contributed by atoms with Gasteiger partial charge in [0, 0.05) is 23.0 Å². The number of methoxy groups -OCH3 is 1. The van der Waals surface area contributed by atoms with Crippen molar-refractivity contribution in [3.8, 4) is 5.19 Å². The lowest BCUT2D eigenvalue weighted by molar-refractivity contribution is 0.412. The van der Waals surface area contributed by atoms with Gasteiger partial charge >= 0.3 is 0 Å². The molecule has 1 aromatic heterocycles. The number of thiazole rings is 1. The van der Waals surface area contributed by atoms with Gasteiger partial charge in [0.2, 0.25) is 0 Å². The molecule has 0 radical (unpaired) electrons. The number of aromatic nitrogens is 1. The summed E-state index contributed by atoms with van der Waals surface area (Å²) >= 11 is 1.59. The molecule has 2 atom stereocenters. The third-order valence-electron chi connectivity index (χ3n) is 1.88. The van der Waals surface area contributed by atoms with E-state index in [0.717, 1.165) is 11.6 Å². The number of rotatable bonds is 2. The van der Waals surface area contributed by atoms with Crippen LogP contribution >= 0.6 is 11.3 Å². The number of hydrogen-bond acceptors (Lipinski definition) is 4. The van der Waals surface area contributed by atoms with Gasteiger partial charge in [0.15, 0.2) is 0 Å². The van der Waals surface area contributed by atoms with E-state index in [4.69, 9.17) is 10.5 Å². The Bertz CT molecular complexity index is 261. The molecule has 0 unspecified atom stereocenters. The SMILES string of the molecule is COc1ncc([C@@H]2C[C@H]2N)s1. The highest BCUT2D eigenvalue weighted by Crippen LogP contribution is 2.42. The molecule has 0 amide bonds. The molecule has 0 spiro atoms. The van der Waals surface area contributed by atoms with Gasteiger partial charge in [-0.2, -0.15) is 0 Å². The summed E-state index contributed by atoms with van der Waals surface area (Å²) in [6.45, 7) is 0. The molecule has 1 saturated carbocycles. The first-order valence-corrected chi connectivity index (χ1v) is 4.38. The molecule has 1 aromatic rings. The van der Waals surface area contributed by atoms with Gasteiger partial charge in [-0.05, 0) is 6.42 Å². The molecule has 0 aromatic carbocycles. The second-order valence-corrected chi connectivity index (χ2v) is 3.76.